The Balaban J connectivity index is 0.00000117. The normalized spacial score (nSPS) is 13.6. The zero-order valence-corrected chi connectivity index (χ0v) is 14.9. The predicted molar refractivity (Wildman–Crippen MR) is 90.8 cm³/mol. The Hall–Kier alpha value is -2.39. The highest BCUT2D eigenvalue weighted by Gasteiger charge is 2.35. The van der Waals surface area contributed by atoms with Crippen LogP contribution in [0.15, 0.2) is 41.3 Å². The maximum absolute atomic E-state index is 13.8. The third kappa shape index (κ3) is 4.23. The van der Waals surface area contributed by atoms with Crippen LogP contribution in [0.1, 0.15) is 24.2 Å². The molecule has 0 bridgehead atoms. The minimum Gasteiger partial charge on any atom is -0.322 e. The summed E-state index contributed by atoms with van der Waals surface area (Å²) in [5.74, 6) is -3.95. The second-order valence-electron chi connectivity index (χ2n) is 5.13. The molecule has 1 aliphatic heterocycles. The lowest BCUT2D eigenvalue weighted by Crippen LogP contribution is -2.17. The van der Waals surface area contributed by atoms with E-state index in [2.05, 4.69) is 5.32 Å². The van der Waals surface area contributed by atoms with Gasteiger partial charge in [-0.25, -0.2) is 21.6 Å². The van der Waals surface area contributed by atoms with Crippen molar-refractivity contribution >= 4 is 21.6 Å². The Kier molecular flexibility index (Phi) is 6.04. The van der Waals surface area contributed by atoms with Gasteiger partial charge in [-0.3, -0.25) is 4.79 Å². The number of nitrogens with one attached hydrogen (secondary N) is 1. The first-order valence-corrected chi connectivity index (χ1v) is 9.29. The van der Waals surface area contributed by atoms with Crippen LogP contribution in [0.25, 0.3) is 0 Å². The van der Waals surface area contributed by atoms with Crippen molar-refractivity contribution in [2.24, 2.45) is 0 Å². The van der Waals surface area contributed by atoms with Crippen molar-refractivity contribution in [2.45, 2.75) is 18.7 Å². The molecule has 1 fully saturated rings. The van der Waals surface area contributed by atoms with Crippen LogP contribution >= 0.6 is 0 Å². The molecule has 140 valence electrons. The van der Waals surface area contributed by atoms with Gasteiger partial charge < -0.3 is 5.32 Å². The lowest BCUT2D eigenvalue weighted by molar-refractivity contribution is 0.102. The summed E-state index contributed by atoms with van der Waals surface area (Å²) >= 11 is 0. The van der Waals surface area contributed by atoms with Crippen LogP contribution in [0, 0.1) is 17.5 Å². The Morgan fingerprint density at radius 3 is 2.15 bits per heavy atom. The lowest BCUT2D eigenvalue weighted by atomic mass is 10.2. The van der Waals surface area contributed by atoms with Gasteiger partial charge in [-0.15, -0.1) is 0 Å². The number of anilines is 1. The number of halogens is 3. The van der Waals surface area contributed by atoms with Crippen molar-refractivity contribution in [1.29, 1.82) is 0 Å². The molecule has 0 radical (unpaired) electrons. The van der Waals surface area contributed by atoms with Gasteiger partial charge in [0.15, 0.2) is 11.6 Å². The van der Waals surface area contributed by atoms with Gasteiger partial charge in [0.05, 0.1) is 0 Å². The standard InChI is InChI=1S/C15H11F3N2O3S.C2H6/c16-11-4-2-10(8-13(11)18)19-15(21)9-1-3-12(17)14(7-9)24(22,23)20-5-6-20;1-2/h1-4,7-8H,5-6H2,(H,19,21);1-2H3. The number of carbonyl (C=O) groups excluding carboxylic acids is 1. The average molecular weight is 386 g/mol. The van der Waals surface area contributed by atoms with Crippen molar-refractivity contribution < 1.29 is 26.4 Å². The van der Waals surface area contributed by atoms with Crippen LogP contribution in [0.4, 0.5) is 18.9 Å². The molecular weight excluding hydrogens is 369 g/mol. The average Bonchev–Trinajstić information content (AvgIpc) is 3.46. The second kappa shape index (κ2) is 7.88. The molecule has 3 rings (SSSR count). The van der Waals surface area contributed by atoms with Gasteiger partial charge in [-0.05, 0) is 30.3 Å². The van der Waals surface area contributed by atoms with Gasteiger partial charge in [-0.2, -0.15) is 4.31 Å². The minimum absolute atomic E-state index is 0.0152. The van der Waals surface area contributed by atoms with E-state index in [0.717, 1.165) is 40.7 Å². The van der Waals surface area contributed by atoms with Gasteiger partial charge in [0, 0.05) is 30.4 Å². The van der Waals surface area contributed by atoms with Gasteiger partial charge in [-0.1, -0.05) is 13.8 Å². The highest BCUT2D eigenvalue weighted by Crippen LogP contribution is 2.25. The SMILES string of the molecule is CC.O=C(Nc1ccc(F)c(F)c1)c1ccc(F)c(S(=O)(=O)N2CC2)c1. The molecule has 0 aromatic heterocycles. The fraction of sp³-hybridized carbons (Fsp3) is 0.235. The molecule has 1 N–H and O–H groups in total. The van der Waals surface area contributed by atoms with Crippen LogP contribution in [0.5, 0.6) is 0 Å². The van der Waals surface area contributed by atoms with Crippen LogP contribution in [-0.2, 0) is 10.0 Å². The summed E-state index contributed by atoms with van der Waals surface area (Å²) in [6.07, 6.45) is 0. The van der Waals surface area contributed by atoms with E-state index >= 15 is 0 Å². The van der Waals surface area contributed by atoms with Crippen LogP contribution < -0.4 is 5.32 Å². The molecule has 0 unspecified atom stereocenters. The van der Waals surface area contributed by atoms with E-state index in [1.54, 1.807) is 0 Å². The Morgan fingerprint density at radius 1 is 0.962 bits per heavy atom. The number of nitrogens with zero attached hydrogens (tertiary/aromatic N) is 1. The third-order valence-electron chi connectivity index (χ3n) is 3.39. The van der Waals surface area contributed by atoms with Crippen LogP contribution in [-0.4, -0.2) is 31.7 Å². The number of sulfonamides is 1. The van der Waals surface area contributed by atoms with Gasteiger partial charge in [0.1, 0.15) is 10.7 Å². The molecule has 1 aliphatic rings. The molecule has 0 spiro atoms. The molecule has 1 heterocycles. The lowest BCUT2D eigenvalue weighted by Gasteiger charge is -2.09. The maximum Gasteiger partial charge on any atom is 0.255 e. The molecule has 0 aliphatic carbocycles. The molecule has 2 aromatic rings. The van der Waals surface area contributed by atoms with E-state index in [4.69, 9.17) is 0 Å². The number of carbonyl (C=O) groups is 1. The maximum atomic E-state index is 13.8. The summed E-state index contributed by atoms with van der Waals surface area (Å²) in [6, 6.07) is 5.66. The Labute approximate surface area is 149 Å². The van der Waals surface area contributed by atoms with Gasteiger partial charge in [0.25, 0.3) is 5.91 Å². The monoisotopic (exact) mass is 386 g/mol. The fourth-order valence-corrected chi connectivity index (χ4v) is 3.47. The molecule has 1 amide bonds. The summed E-state index contributed by atoms with van der Waals surface area (Å²) < 4.78 is 65.1. The van der Waals surface area contributed by atoms with Crippen molar-refractivity contribution in [3.8, 4) is 0 Å². The van der Waals surface area contributed by atoms with Crippen molar-refractivity contribution in [1.82, 2.24) is 4.31 Å². The number of benzene rings is 2. The molecular formula is C17H17F3N2O3S. The highest BCUT2D eigenvalue weighted by molar-refractivity contribution is 7.89. The van der Waals surface area contributed by atoms with Crippen molar-refractivity contribution in [2.75, 3.05) is 18.4 Å². The summed E-state index contributed by atoms with van der Waals surface area (Å²) in [4.78, 5) is 11.5. The zero-order valence-electron chi connectivity index (χ0n) is 14.1. The molecule has 5 nitrogen and oxygen atoms in total. The molecule has 26 heavy (non-hydrogen) atoms. The van der Waals surface area contributed by atoms with E-state index in [-0.39, 0.29) is 11.3 Å². The summed E-state index contributed by atoms with van der Waals surface area (Å²) in [7, 11) is -3.97. The number of hydrogen-bond acceptors (Lipinski definition) is 3. The first kappa shape index (κ1) is 19.9. The first-order valence-electron chi connectivity index (χ1n) is 7.85. The largest absolute Gasteiger partial charge is 0.322 e. The quantitative estimate of drug-likeness (QED) is 0.820. The van der Waals surface area contributed by atoms with E-state index in [1.807, 2.05) is 13.8 Å². The molecule has 0 atom stereocenters. The molecule has 9 heteroatoms. The fourth-order valence-electron chi connectivity index (χ4n) is 2.04. The Bertz CT molecular complexity index is 929. The van der Waals surface area contributed by atoms with Gasteiger partial charge in [0.2, 0.25) is 10.0 Å². The minimum atomic E-state index is -3.97. The molecule has 2 aromatic carbocycles. The first-order chi connectivity index (χ1) is 12.3. The van der Waals surface area contributed by atoms with E-state index in [9.17, 15) is 26.4 Å². The predicted octanol–water partition coefficient (Wildman–Crippen LogP) is 3.39. The summed E-state index contributed by atoms with van der Waals surface area (Å²) in [6.45, 7) is 4.60. The topological polar surface area (TPSA) is 66.2 Å². The van der Waals surface area contributed by atoms with Crippen LogP contribution in [0.2, 0.25) is 0 Å². The highest BCUT2D eigenvalue weighted by atomic mass is 32.2. The second-order valence-corrected chi connectivity index (χ2v) is 7.04. The van der Waals surface area contributed by atoms with E-state index in [1.165, 1.54) is 0 Å². The third-order valence-corrected chi connectivity index (χ3v) is 5.31. The number of hydrogen-bond donors (Lipinski definition) is 1. The summed E-state index contributed by atoms with van der Waals surface area (Å²) in [5.41, 5.74) is -0.139. The van der Waals surface area contributed by atoms with E-state index in [0.29, 0.717) is 13.1 Å². The smallest absolute Gasteiger partial charge is 0.255 e. The van der Waals surface area contributed by atoms with E-state index < -0.39 is 38.3 Å². The van der Waals surface area contributed by atoms with Crippen molar-refractivity contribution in [3.05, 3.63) is 59.4 Å². The number of rotatable bonds is 4. The van der Waals surface area contributed by atoms with Gasteiger partial charge >= 0.3 is 0 Å². The molecule has 1 saturated heterocycles. The van der Waals surface area contributed by atoms with Crippen LogP contribution in [0.3, 0.4) is 0 Å². The molecule has 0 saturated carbocycles. The van der Waals surface area contributed by atoms with Crippen molar-refractivity contribution in [3.63, 3.8) is 0 Å². The Morgan fingerprint density at radius 2 is 1.58 bits per heavy atom. The summed E-state index contributed by atoms with van der Waals surface area (Å²) in [5, 5.41) is 2.29. The zero-order chi connectivity index (χ0) is 19.5. The number of amides is 1.